The summed E-state index contributed by atoms with van der Waals surface area (Å²) in [5.41, 5.74) is 5.55. The Balaban J connectivity index is 1.94. The molecule has 2 aromatic rings. The number of carbonyl (C=O) groups excluding carboxylic acids is 1. The number of anilines is 3. The average molecular weight is 435 g/mol. The molecule has 10 nitrogen and oxygen atoms in total. The number of aromatic nitrogens is 2. The Morgan fingerprint density at radius 1 is 1.23 bits per heavy atom. The number of hydrogen-bond donors (Lipinski definition) is 2. The Morgan fingerprint density at radius 3 is 2.53 bits per heavy atom. The van der Waals surface area contributed by atoms with Crippen molar-refractivity contribution in [1.82, 2.24) is 9.97 Å². The topological polar surface area (TPSA) is 131 Å². The van der Waals surface area contributed by atoms with Crippen LogP contribution in [0, 0.1) is 0 Å². The summed E-state index contributed by atoms with van der Waals surface area (Å²) in [6.07, 6.45) is 4.80. The predicted octanol–water partition coefficient (Wildman–Crippen LogP) is 1.44. The van der Waals surface area contributed by atoms with Crippen LogP contribution >= 0.6 is 0 Å². The summed E-state index contributed by atoms with van der Waals surface area (Å²) in [4.78, 5) is 24.3. The molecule has 1 saturated heterocycles. The number of primary amides is 1. The van der Waals surface area contributed by atoms with Crippen molar-refractivity contribution >= 4 is 33.4 Å². The lowest BCUT2D eigenvalue weighted by atomic mass is 10.1. The van der Waals surface area contributed by atoms with Crippen molar-refractivity contribution in [3.8, 4) is 5.75 Å². The van der Waals surface area contributed by atoms with Crippen LogP contribution in [0.3, 0.4) is 0 Å². The third-order valence-corrected chi connectivity index (χ3v) is 6.17. The van der Waals surface area contributed by atoms with Gasteiger partial charge < -0.3 is 20.3 Å². The number of amides is 1. The molecule has 162 valence electrons. The van der Waals surface area contributed by atoms with Crippen LogP contribution in [0.25, 0.3) is 0 Å². The summed E-state index contributed by atoms with van der Waals surface area (Å²) in [6, 6.07) is 3.91. The summed E-state index contributed by atoms with van der Waals surface area (Å²) < 4.78 is 33.5. The minimum Gasteiger partial charge on any atom is -0.496 e. The summed E-state index contributed by atoms with van der Waals surface area (Å²) in [5, 5.41) is 0. The number of piperidine rings is 1. The van der Waals surface area contributed by atoms with Crippen LogP contribution in [0.1, 0.15) is 29.6 Å². The Kier molecular flexibility index (Phi) is 6.30. The van der Waals surface area contributed by atoms with Gasteiger partial charge in [0.1, 0.15) is 11.4 Å². The van der Waals surface area contributed by atoms with Crippen LogP contribution in [-0.4, -0.2) is 58.6 Å². The molecule has 0 radical (unpaired) electrons. The van der Waals surface area contributed by atoms with Gasteiger partial charge in [-0.05, 0) is 37.5 Å². The van der Waals surface area contributed by atoms with Gasteiger partial charge in [0.2, 0.25) is 5.95 Å². The van der Waals surface area contributed by atoms with Crippen LogP contribution in [0.4, 0.5) is 17.5 Å². The van der Waals surface area contributed by atoms with Crippen LogP contribution in [0.15, 0.2) is 29.3 Å². The predicted molar refractivity (Wildman–Crippen MR) is 115 cm³/mol. The van der Waals surface area contributed by atoms with E-state index in [9.17, 15) is 13.2 Å². The van der Waals surface area contributed by atoms with Crippen molar-refractivity contribution in [3.63, 3.8) is 0 Å². The molecule has 0 aliphatic carbocycles. The van der Waals surface area contributed by atoms with E-state index in [1.165, 1.54) is 37.9 Å². The van der Waals surface area contributed by atoms with E-state index in [1.54, 1.807) is 19.0 Å². The highest BCUT2D eigenvalue weighted by Crippen LogP contribution is 2.29. The molecular weight excluding hydrogens is 408 g/mol. The Hall–Kier alpha value is -3.08. The van der Waals surface area contributed by atoms with E-state index in [4.69, 9.17) is 10.5 Å². The van der Waals surface area contributed by atoms with E-state index in [2.05, 4.69) is 19.6 Å². The van der Waals surface area contributed by atoms with E-state index in [0.717, 1.165) is 25.9 Å². The quantitative estimate of drug-likeness (QED) is 0.669. The minimum absolute atomic E-state index is 0.0232. The molecular formula is C19H26N6O4S. The highest BCUT2D eigenvalue weighted by atomic mass is 32.2. The second-order valence-corrected chi connectivity index (χ2v) is 8.86. The van der Waals surface area contributed by atoms with Gasteiger partial charge in [0.15, 0.2) is 5.82 Å². The van der Waals surface area contributed by atoms with Crippen molar-refractivity contribution in [2.45, 2.75) is 24.2 Å². The monoisotopic (exact) mass is 434 g/mol. The van der Waals surface area contributed by atoms with Gasteiger partial charge >= 0.3 is 0 Å². The molecule has 0 bridgehead atoms. The first-order valence-corrected chi connectivity index (χ1v) is 11.0. The maximum atomic E-state index is 12.9. The third kappa shape index (κ3) is 4.56. The van der Waals surface area contributed by atoms with Crippen molar-refractivity contribution in [1.29, 1.82) is 0 Å². The zero-order valence-corrected chi connectivity index (χ0v) is 18.1. The molecule has 0 saturated carbocycles. The summed E-state index contributed by atoms with van der Waals surface area (Å²) in [6.45, 7) is 1.75. The number of methoxy groups -OCH3 is 1. The second kappa shape index (κ2) is 8.74. The number of nitrogens with two attached hydrogens (primary N) is 1. The Bertz CT molecular complexity index is 1040. The van der Waals surface area contributed by atoms with E-state index in [0.29, 0.717) is 11.8 Å². The third-order valence-electron chi connectivity index (χ3n) is 4.81. The lowest BCUT2D eigenvalue weighted by Crippen LogP contribution is -2.31. The highest BCUT2D eigenvalue weighted by Gasteiger charge is 2.22. The van der Waals surface area contributed by atoms with Gasteiger partial charge in [-0.2, -0.15) is 4.98 Å². The lowest BCUT2D eigenvalue weighted by Gasteiger charge is -2.28. The Morgan fingerprint density at radius 2 is 1.93 bits per heavy atom. The number of rotatable bonds is 7. The summed E-state index contributed by atoms with van der Waals surface area (Å²) in [5.74, 6) is 0.427. The van der Waals surface area contributed by atoms with Crippen molar-refractivity contribution < 1.29 is 17.9 Å². The largest absolute Gasteiger partial charge is 0.496 e. The first kappa shape index (κ1) is 21.6. The molecule has 1 aliphatic heterocycles. The van der Waals surface area contributed by atoms with Crippen molar-refractivity contribution in [2.75, 3.05) is 48.8 Å². The van der Waals surface area contributed by atoms with Crippen LogP contribution < -0.4 is 25.0 Å². The first-order chi connectivity index (χ1) is 14.2. The van der Waals surface area contributed by atoms with Gasteiger partial charge in [-0.25, -0.2) is 13.4 Å². The molecule has 1 aromatic heterocycles. The van der Waals surface area contributed by atoms with E-state index in [1.807, 2.05) is 0 Å². The molecule has 1 aliphatic rings. The fourth-order valence-electron chi connectivity index (χ4n) is 3.27. The zero-order chi connectivity index (χ0) is 21.9. The maximum Gasteiger partial charge on any atom is 0.262 e. The molecule has 3 rings (SSSR count). The molecule has 2 heterocycles. The van der Waals surface area contributed by atoms with Gasteiger partial charge in [0, 0.05) is 27.2 Å². The Labute approximate surface area is 176 Å². The molecule has 0 atom stereocenters. The van der Waals surface area contributed by atoms with Crippen molar-refractivity contribution in [3.05, 3.63) is 30.0 Å². The molecule has 1 aromatic carbocycles. The number of nitrogens with zero attached hydrogens (tertiary/aromatic N) is 4. The van der Waals surface area contributed by atoms with Crippen LogP contribution in [0.5, 0.6) is 5.75 Å². The van der Waals surface area contributed by atoms with E-state index in [-0.39, 0.29) is 21.9 Å². The van der Waals surface area contributed by atoms with Crippen LogP contribution in [0.2, 0.25) is 0 Å². The van der Waals surface area contributed by atoms with E-state index < -0.39 is 15.9 Å². The fourth-order valence-corrected chi connectivity index (χ4v) is 4.35. The van der Waals surface area contributed by atoms with Gasteiger partial charge in [0.25, 0.3) is 15.9 Å². The number of nitrogens with one attached hydrogen (secondary N) is 1. The minimum atomic E-state index is -4.02. The van der Waals surface area contributed by atoms with Gasteiger partial charge in [-0.3, -0.25) is 9.52 Å². The SMILES string of the molecule is COc1ccc(S(=O)(=O)Nc2cnc(N3CCCCC3)nc2N(C)C)cc1C(N)=O. The smallest absolute Gasteiger partial charge is 0.262 e. The van der Waals surface area contributed by atoms with Crippen molar-refractivity contribution in [2.24, 2.45) is 5.73 Å². The fraction of sp³-hybridized carbons (Fsp3) is 0.421. The number of carbonyl (C=O) groups is 1. The molecule has 30 heavy (non-hydrogen) atoms. The molecule has 3 N–H and O–H groups in total. The summed E-state index contributed by atoms with van der Waals surface area (Å²) >= 11 is 0. The number of sulfonamides is 1. The standard InChI is InChI=1S/C19H26N6O4S/c1-24(2)18-15(12-21-19(22-18)25-9-5-4-6-10-25)23-30(27,28)13-7-8-16(29-3)14(11-13)17(20)26/h7-8,11-12,23H,4-6,9-10H2,1-3H3,(H2,20,26). The lowest BCUT2D eigenvalue weighted by molar-refractivity contribution is 0.0997. The highest BCUT2D eigenvalue weighted by molar-refractivity contribution is 7.92. The number of benzene rings is 1. The van der Waals surface area contributed by atoms with Gasteiger partial charge in [-0.1, -0.05) is 0 Å². The number of hydrogen-bond acceptors (Lipinski definition) is 8. The second-order valence-electron chi connectivity index (χ2n) is 7.18. The normalized spacial score (nSPS) is 14.3. The van der Waals surface area contributed by atoms with Gasteiger partial charge in [0.05, 0.1) is 23.8 Å². The molecule has 1 amide bonds. The molecule has 0 unspecified atom stereocenters. The maximum absolute atomic E-state index is 12.9. The molecule has 0 spiro atoms. The number of ether oxygens (including phenoxy) is 1. The van der Waals surface area contributed by atoms with E-state index >= 15 is 0 Å². The van der Waals surface area contributed by atoms with Crippen LogP contribution in [-0.2, 0) is 10.0 Å². The molecule has 1 fully saturated rings. The van der Waals surface area contributed by atoms with Gasteiger partial charge in [-0.15, -0.1) is 0 Å². The first-order valence-electron chi connectivity index (χ1n) is 9.53. The average Bonchev–Trinajstić information content (AvgIpc) is 2.73. The molecule has 11 heteroatoms. The zero-order valence-electron chi connectivity index (χ0n) is 17.3. The summed E-state index contributed by atoms with van der Waals surface area (Å²) in [7, 11) is 0.905.